The van der Waals surface area contributed by atoms with Gasteiger partial charge in [0.2, 0.25) is 0 Å². The molecule has 27 heavy (non-hydrogen) atoms. The Morgan fingerprint density at radius 1 is 1.07 bits per heavy atom. The summed E-state index contributed by atoms with van der Waals surface area (Å²) in [7, 11) is 0. The first-order valence-electron chi connectivity index (χ1n) is 8.29. The van der Waals surface area contributed by atoms with E-state index in [1.165, 1.54) is 18.2 Å². The molecule has 1 N–H and O–H groups in total. The van der Waals surface area contributed by atoms with Gasteiger partial charge in [0.25, 0.3) is 5.91 Å². The lowest BCUT2D eigenvalue weighted by Gasteiger charge is -2.19. The number of benzene rings is 2. The molecule has 0 aliphatic carbocycles. The number of nitrogens with one attached hydrogen (secondary N) is 1. The molecule has 0 aliphatic heterocycles. The summed E-state index contributed by atoms with van der Waals surface area (Å²) in [5.41, 5.74) is 2.34. The minimum atomic E-state index is -4.49. The molecule has 0 saturated heterocycles. The molecule has 0 fully saturated rings. The Balaban J connectivity index is 1.89. The quantitative estimate of drug-likeness (QED) is 0.614. The maximum Gasteiger partial charge on any atom is 0.417 e. The third kappa shape index (κ3) is 6.13. The number of hydrazone groups is 1. The lowest BCUT2D eigenvalue weighted by atomic mass is 9.87. The van der Waals surface area contributed by atoms with Crippen LogP contribution in [0.15, 0.2) is 53.6 Å². The summed E-state index contributed by atoms with van der Waals surface area (Å²) in [5.74, 6) is -0.0554. The van der Waals surface area contributed by atoms with Crippen molar-refractivity contribution < 1.29 is 22.7 Å². The molecule has 2 rings (SSSR count). The highest BCUT2D eigenvalue weighted by Gasteiger charge is 2.32. The van der Waals surface area contributed by atoms with Crippen LogP contribution in [0.3, 0.4) is 0 Å². The van der Waals surface area contributed by atoms with Crippen LogP contribution in [-0.2, 0) is 16.4 Å². The van der Waals surface area contributed by atoms with Crippen molar-refractivity contribution in [3.05, 3.63) is 65.2 Å². The highest BCUT2D eigenvalue weighted by molar-refractivity contribution is 5.84. The van der Waals surface area contributed by atoms with Crippen molar-refractivity contribution in [2.45, 2.75) is 32.4 Å². The van der Waals surface area contributed by atoms with Crippen LogP contribution in [0.1, 0.15) is 37.5 Å². The van der Waals surface area contributed by atoms with E-state index in [2.05, 4.69) is 31.3 Å². The third-order valence-electron chi connectivity index (χ3n) is 3.75. The fourth-order valence-electron chi connectivity index (χ4n) is 2.27. The number of alkyl halides is 3. The van der Waals surface area contributed by atoms with Crippen molar-refractivity contribution in [3.8, 4) is 5.75 Å². The number of carbonyl (C=O) groups excluding carboxylic acids is 1. The van der Waals surface area contributed by atoms with Crippen LogP contribution in [0.25, 0.3) is 0 Å². The molecule has 1 amide bonds. The topological polar surface area (TPSA) is 50.7 Å². The van der Waals surface area contributed by atoms with Crippen LogP contribution < -0.4 is 10.2 Å². The number of hydrogen-bond acceptors (Lipinski definition) is 3. The molecular weight excluding hydrogens is 357 g/mol. The first kappa shape index (κ1) is 20.5. The zero-order chi connectivity index (χ0) is 20.1. The Labute approximate surface area is 156 Å². The Hall–Kier alpha value is -2.83. The van der Waals surface area contributed by atoms with E-state index in [1.807, 2.05) is 12.1 Å². The summed E-state index contributed by atoms with van der Waals surface area (Å²) in [6, 6.07) is 12.3. The fraction of sp³-hybridized carbons (Fsp3) is 0.300. The highest BCUT2D eigenvalue weighted by Crippen LogP contribution is 2.31. The first-order valence-corrected chi connectivity index (χ1v) is 8.29. The van der Waals surface area contributed by atoms with Crippen LogP contribution in [0.2, 0.25) is 0 Å². The van der Waals surface area contributed by atoms with Crippen molar-refractivity contribution >= 4 is 12.1 Å². The van der Waals surface area contributed by atoms with E-state index in [1.54, 1.807) is 12.1 Å². The number of amides is 1. The van der Waals surface area contributed by atoms with Crippen molar-refractivity contribution in [2.75, 3.05) is 6.61 Å². The second kappa shape index (κ2) is 8.24. The van der Waals surface area contributed by atoms with Gasteiger partial charge in [0, 0.05) is 5.56 Å². The van der Waals surface area contributed by atoms with Gasteiger partial charge in [-0.2, -0.15) is 18.3 Å². The molecule has 0 saturated carbocycles. The van der Waals surface area contributed by atoms with Gasteiger partial charge in [-0.3, -0.25) is 4.79 Å². The summed E-state index contributed by atoms with van der Waals surface area (Å²) < 4.78 is 44.0. The molecule has 0 aliphatic rings. The van der Waals surface area contributed by atoms with E-state index < -0.39 is 17.6 Å². The van der Waals surface area contributed by atoms with Gasteiger partial charge >= 0.3 is 6.18 Å². The molecule has 4 nitrogen and oxygen atoms in total. The highest BCUT2D eigenvalue weighted by atomic mass is 19.4. The molecule has 2 aromatic carbocycles. The average Bonchev–Trinajstić information content (AvgIpc) is 2.59. The molecule has 0 spiro atoms. The lowest BCUT2D eigenvalue weighted by Crippen LogP contribution is -2.24. The van der Waals surface area contributed by atoms with Gasteiger partial charge in [0.05, 0.1) is 11.8 Å². The van der Waals surface area contributed by atoms with E-state index in [-0.39, 0.29) is 17.6 Å². The maximum absolute atomic E-state index is 12.9. The first-order chi connectivity index (χ1) is 12.6. The van der Waals surface area contributed by atoms with E-state index in [0.717, 1.165) is 17.8 Å². The van der Waals surface area contributed by atoms with Gasteiger partial charge in [0.1, 0.15) is 5.75 Å². The number of nitrogens with zero attached hydrogens (tertiary/aromatic N) is 1. The summed E-state index contributed by atoms with van der Waals surface area (Å²) in [6.45, 7) is 5.97. The van der Waals surface area contributed by atoms with Crippen molar-refractivity contribution in [2.24, 2.45) is 5.10 Å². The van der Waals surface area contributed by atoms with E-state index >= 15 is 0 Å². The number of carbonyl (C=O) groups is 1. The van der Waals surface area contributed by atoms with E-state index in [4.69, 9.17) is 4.74 Å². The van der Waals surface area contributed by atoms with Gasteiger partial charge in [0.15, 0.2) is 6.61 Å². The number of hydrogen-bond donors (Lipinski definition) is 1. The Kier molecular flexibility index (Phi) is 6.25. The number of ether oxygens (including phenoxy) is 1. The summed E-state index contributed by atoms with van der Waals surface area (Å²) in [5, 5.41) is 3.57. The van der Waals surface area contributed by atoms with Crippen LogP contribution in [-0.4, -0.2) is 18.7 Å². The van der Waals surface area contributed by atoms with Gasteiger partial charge in [-0.1, -0.05) is 51.1 Å². The molecule has 0 heterocycles. The van der Waals surface area contributed by atoms with E-state index in [9.17, 15) is 18.0 Å². The molecule has 144 valence electrons. The summed E-state index contributed by atoms with van der Waals surface area (Å²) >= 11 is 0. The van der Waals surface area contributed by atoms with Crippen LogP contribution in [0, 0.1) is 0 Å². The van der Waals surface area contributed by atoms with Crippen molar-refractivity contribution in [1.82, 2.24) is 5.43 Å². The van der Waals surface area contributed by atoms with Gasteiger partial charge in [-0.05, 0) is 29.2 Å². The smallest absolute Gasteiger partial charge is 0.417 e. The Morgan fingerprint density at radius 2 is 1.70 bits per heavy atom. The zero-order valence-corrected chi connectivity index (χ0v) is 15.3. The fourth-order valence-corrected chi connectivity index (χ4v) is 2.27. The lowest BCUT2D eigenvalue weighted by molar-refractivity contribution is -0.137. The Bertz CT molecular complexity index is 807. The van der Waals surface area contributed by atoms with Gasteiger partial charge in [-0.15, -0.1) is 0 Å². The van der Waals surface area contributed by atoms with Crippen LogP contribution in [0.5, 0.6) is 5.75 Å². The SMILES string of the molecule is CC(C)(C)c1ccc(OCC(=O)N/N=C\c2ccccc2C(F)(F)F)cc1. The number of halogens is 3. The second-order valence-corrected chi connectivity index (χ2v) is 6.94. The normalized spacial score (nSPS) is 12.2. The number of rotatable bonds is 5. The standard InChI is InChI=1S/C20H21F3N2O2/c1-19(2,3)15-8-10-16(11-9-15)27-13-18(26)25-24-12-14-6-4-5-7-17(14)20(21,22)23/h4-12H,13H2,1-3H3,(H,25,26)/b24-12-. The molecule has 0 unspecified atom stereocenters. The average molecular weight is 378 g/mol. The van der Waals surface area contributed by atoms with Crippen LogP contribution >= 0.6 is 0 Å². The second-order valence-electron chi connectivity index (χ2n) is 6.94. The summed E-state index contributed by atoms with van der Waals surface area (Å²) in [6.07, 6.45) is -3.53. The molecule has 0 radical (unpaired) electrons. The van der Waals surface area contributed by atoms with Gasteiger partial charge in [-0.25, -0.2) is 5.43 Å². The monoisotopic (exact) mass is 378 g/mol. The minimum Gasteiger partial charge on any atom is -0.484 e. The molecule has 0 bridgehead atoms. The molecule has 0 atom stereocenters. The minimum absolute atomic E-state index is 0.0112. The predicted molar refractivity (Wildman–Crippen MR) is 97.8 cm³/mol. The van der Waals surface area contributed by atoms with Crippen LogP contribution in [0.4, 0.5) is 13.2 Å². The van der Waals surface area contributed by atoms with E-state index in [0.29, 0.717) is 5.75 Å². The van der Waals surface area contributed by atoms with Crippen molar-refractivity contribution in [3.63, 3.8) is 0 Å². The molecule has 7 heteroatoms. The van der Waals surface area contributed by atoms with Gasteiger partial charge < -0.3 is 4.74 Å². The Morgan fingerprint density at radius 3 is 2.30 bits per heavy atom. The molecule has 2 aromatic rings. The van der Waals surface area contributed by atoms with Crippen molar-refractivity contribution in [1.29, 1.82) is 0 Å². The zero-order valence-electron chi connectivity index (χ0n) is 15.3. The maximum atomic E-state index is 12.9. The summed E-state index contributed by atoms with van der Waals surface area (Å²) in [4.78, 5) is 11.7. The predicted octanol–water partition coefficient (Wildman–Crippen LogP) is 4.53. The molecular formula is C20H21F3N2O2. The largest absolute Gasteiger partial charge is 0.484 e. The third-order valence-corrected chi connectivity index (χ3v) is 3.75. The molecule has 0 aromatic heterocycles.